The fourth-order valence-corrected chi connectivity index (χ4v) is 7.29. The van der Waals surface area contributed by atoms with Crippen LogP contribution in [-0.2, 0) is 6.18 Å². The molecule has 0 amide bonds. The van der Waals surface area contributed by atoms with Gasteiger partial charge in [0.15, 0.2) is 0 Å². The molecule has 0 aliphatic carbocycles. The number of alkyl halides is 3. The average Bonchev–Trinajstić information content (AvgIpc) is 2.32. The Balaban J connectivity index is 4.20. The second-order valence-corrected chi connectivity index (χ2v) is 17.8. The second kappa shape index (κ2) is 6.16. The van der Waals surface area contributed by atoms with E-state index in [1.165, 1.54) is 14.2 Å². The molecular formula is C16H27F3O2Si2. The van der Waals surface area contributed by atoms with Crippen molar-refractivity contribution in [2.75, 3.05) is 14.2 Å². The van der Waals surface area contributed by atoms with E-state index in [0.29, 0.717) is 16.1 Å². The molecule has 0 bridgehead atoms. The average molecular weight is 365 g/mol. The van der Waals surface area contributed by atoms with Crippen LogP contribution in [0.25, 0.3) is 0 Å². The minimum Gasteiger partial charge on any atom is -0.497 e. The summed E-state index contributed by atoms with van der Waals surface area (Å²) >= 11 is 0. The lowest BCUT2D eigenvalue weighted by atomic mass is 10.1. The van der Waals surface area contributed by atoms with Crippen molar-refractivity contribution >= 4 is 26.5 Å². The number of methoxy groups -OCH3 is 2. The van der Waals surface area contributed by atoms with Gasteiger partial charge in [0.25, 0.3) is 0 Å². The predicted molar refractivity (Wildman–Crippen MR) is 95.2 cm³/mol. The summed E-state index contributed by atoms with van der Waals surface area (Å²) < 4.78 is 52.6. The third kappa shape index (κ3) is 3.76. The highest BCUT2D eigenvalue weighted by Crippen LogP contribution is 2.40. The van der Waals surface area contributed by atoms with E-state index in [9.17, 15) is 13.2 Å². The zero-order valence-electron chi connectivity index (χ0n) is 15.5. The highest BCUT2D eigenvalue weighted by atomic mass is 28.3. The summed E-state index contributed by atoms with van der Waals surface area (Å²) in [6, 6.07) is 0. The van der Waals surface area contributed by atoms with E-state index >= 15 is 0 Å². The molecule has 0 aliphatic rings. The molecule has 1 rings (SSSR count). The summed E-state index contributed by atoms with van der Waals surface area (Å²) in [6.45, 7) is 13.6. The smallest absolute Gasteiger partial charge is 0.419 e. The molecule has 0 unspecified atom stereocenters. The summed E-state index contributed by atoms with van der Waals surface area (Å²) in [5, 5.41) is 0.982. The maximum absolute atomic E-state index is 13.9. The highest BCUT2D eigenvalue weighted by molar-refractivity contribution is 6.91. The molecule has 0 atom stereocenters. The van der Waals surface area contributed by atoms with E-state index in [2.05, 4.69) is 0 Å². The van der Waals surface area contributed by atoms with E-state index in [1.54, 1.807) is 0 Å². The molecule has 0 saturated carbocycles. The van der Waals surface area contributed by atoms with Crippen LogP contribution in [0.4, 0.5) is 13.2 Å². The van der Waals surface area contributed by atoms with Crippen LogP contribution in [0.3, 0.4) is 0 Å². The summed E-state index contributed by atoms with van der Waals surface area (Å²) in [5.41, 5.74) is 0.146. The molecule has 1 aromatic carbocycles. The molecule has 0 saturated heterocycles. The van der Waals surface area contributed by atoms with Gasteiger partial charge in [0.05, 0.1) is 30.4 Å². The fraction of sp³-hybridized carbons (Fsp3) is 0.625. The lowest BCUT2D eigenvalue weighted by molar-refractivity contribution is -0.137. The molecule has 2 nitrogen and oxygen atoms in total. The van der Waals surface area contributed by atoms with Crippen molar-refractivity contribution in [1.29, 1.82) is 0 Å². The Kier molecular flexibility index (Phi) is 5.38. The molecule has 0 spiro atoms. The van der Waals surface area contributed by atoms with Crippen LogP contribution in [0.1, 0.15) is 11.1 Å². The van der Waals surface area contributed by atoms with Gasteiger partial charge in [0, 0.05) is 0 Å². The number of hydrogen-bond donors (Lipinski definition) is 0. The van der Waals surface area contributed by atoms with Crippen LogP contribution in [0.15, 0.2) is 0 Å². The molecule has 0 aliphatic heterocycles. The molecule has 1 aromatic rings. The van der Waals surface area contributed by atoms with Gasteiger partial charge in [0.2, 0.25) is 0 Å². The lowest BCUT2D eigenvalue weighted by Gasteiger charge is -2.33. The van der Waals surface area contributed by atoms with Gasteiger partial charge < -0.3 is 9.47 Å². The van der Waals surface area contributed by atoms with Gasteiger partial charge in [-0.1, -0.05) is 39.3 Å². The lowest BCUT2D eigenvalue weighted by Crippen LogP contribution is -2.49. The van der Waals surface area contributed by atoms with Crippen molar-refractivity contribution < 1.29 is 22.6 Å². The number of benzene rings is 1. The topological polar surface area (TPSA) is 18.5 Å². The number of halogens is 3. The normalized spacial score (nSPS) is 13.2. The predicted octanol–water partition coefficient (Wildman–Crippen LogP) is 4.12. The van der Waals surface area contributed by atoms with Crippen molar-refractivity contribution in [1.82, 2.24) is 0 Å². The molecule has 132 valence electrons. The Bertz CT molecular complexity index is 598. The van der Waals surface area contributed by atoms with E-state index in [-0.39, 0.29) is 5.75 Å². The Hall–Kier alpha value is -0.956. The van der Waals surface area contributed by atoms with E-state index in [4.69, 9.17) is 9.47 Å². The quantitative estimate of drug-likeness (QED) is 0.748. The molecule has 23 heavy (non-hydrogen) atoms. The standard InChI is InChI=1S/C16H27F3O2Si2/c1-10-12(20-2)15(23(7,8)9)11(16(17,18)19)13(21-3)14(10)22(4,5)6/h1-9H3. The van der Waals surface area contributed by atoms with Gasteiger partial charge in [-0.3, -0.25) is 0 Å². The zero-order chi connectivity index (χ0) is 18.4. The van der Waals surface area contributed by atoms with Gasteiger partial charge in [-0.25, -0.2) is 0 Å². The van der Waals surface area contributed by atoms with Gasteiger partial charge >= 0.3 is 6.18 Å². The van der Waals surface area contributed by atoms with E-state index in [1.807, 2.05) is 46.2 Å². The van der Waals surface area contributed by atoms with Crippen LogP contribution >= 0.6 is 0 Å². The number of ether oxygens (including phenoxy) is 2. The molecule has 0 radical (unpaired) electrons. The molecule has 0 N–H and O–H groups in total. The Morgan fingerprint density at radius 3 is 1.39 bits per heavy atom. The van der Waals surface area contributed by atoms with Gasteiger partial charge in [-0.2, -0.15) is 13.2 Å². The number of rotatable bonds is 4. The first-order chi connectivity index (χ1) is 10.2. The van der Waals surface area contributed by atoms with E-state index < -0.39 is 27.9 Å². The Morgan fingerprint density at radius 2 is 1.13 bits per heavy atom. The second-order valence-electron chi connectivity index (χ2n) is 7.81. The van der Waals surface area contributed by atoms with Crippen LogP contribution in [-0.4, -0.2) is 30.4 Å². The third-order valence-electron chi connectivity index (χ3n) is 3.84. The zero-order valence-corrected chi connectivity index (χ0v) is 17.5. The molecule has 0 fully saturated rings. The maximum Gasteiger partial charge on any atom is 0.419 e. The highest BCUT2D eigenvalue weighted by Gasteiger charge is 2.45. The first-order valence-electron chi connectivity index (χ1n) is 7.54. The molecule has 0 aromatic heterocycles. The third-order valence-corrected chi connectivity index (χ3v) is 7.92. The fourth-order valence-electron chi connectivity index (χ4n) is 3.17. The SMILES string of the molecule is COc1c(C(F)(F)F)c([Si](C)(C)C)c(OC)c(C)c1[Si](C)(C)C. The largest absolute Gasteiger partial charge is 0.497 e. The first kappa shape index (κ1) is 20.1. The first-order valence-corrected chi connectivity index (χ1v) is 14.5. The van der Waals surface area contributed by atoms with Crippen molar-refractivity contribution in [2.24, 2.45) is 0 Å². The van der Waals surface area contributed by atoms with Gasteiger partial charge in [-0.05, 0) is 22.9 Å². The van der Waals surface area contributed by atoms with Gasteiger partial charge in [0.1, 0.15) is 17.1 Å². The molecule has 7 heteroatoms. The van der Waals surface area contributed by atoms with Crippen molar-refractivity contribution in [2.45, 2.75) is 52.4 Å². The Labute approximate surface area is 139 Å². The number of hydrogen-bond acceptors (Lipinski definition) is 2. The summed E-state index contributed by atoms with van der Waals surface area (Å²) in [5.74, 6) is 0.377. The van der Waals surface area contributed by atoms with E-state index in [0.717, 1.165) is 5.56 Å². The van der Waals surface area contributed by atoms with Crippen LogP contribution in [0, 0.1) is 6.92 Å². The summed E-state index contributed by atoms with van der Waals surface area (Å²) in [7, 11) is -1.62. The molecular weight excluding hydrogens is 337 g/mol. The molecule has 0 heterocycles. The van der Waals surface area contributed by atoms with Crippen molar-refractivity contribution in [3.8, 4) is 11.5 Å². The van der Waals surface area contributed by atoms with Crippen LogP contribution in [0.5, 0.6) is 11.5 Å². The van der Waals surface area contributed by atoms with Crippen molar-refractivity contribution in [3.63, 3.8) is 0 Å². The summed E-state index contributed by atoms with van der Waals surface area (Å²) in [4.78, 5) is 0. The Morgan fingerprint density at radius 1 is 0.739 bits per heavy atom. The summed E-state index contributed by atoms with van der Waals surface area (Å²) in [6.07, 6.45) is -4.48. The minimum absolute atomic E-state index is 0.00704. The van der Waals surface area contributed by atoms with Crippen molar-refractivity contribution in [3.05, 3.63) is 11.1 Å². The van der Waals surface area contributed by atoms with Crippen LogP contribution < -0.4 is 19.8 Å². The van der Waals surface area contributed by atoms with Crippen LogP contribution in [0.2, 0.25) is 39.3 Å². The van der Waals surface area contributed by atoms with Gasteiger partial charge in [-0.15, -0.1) is 0 Å². The minimum atomic E-state index is -4.48. The maximum atomic E-state index is 13.9. The monoisotopic (exact) mass is 364 g/mol.